The predicted octanol–water partition coefficient (Wildman–Crippen LogP) is -1.35. The van der Waals surface area contributed by atoms with Crippen LogP contribution in [-0.2, 0) is 22.5 Å². The van der Waals surface area contributed by atoms with Crippen molar-refractivity contribution in [2.75, 3.05) is 0 Å². The Bertz CT molecular complexity index is 371. The Balaban J connectivity index is 2.72. The number of carbonyl (C=O) groups is 2. The van der Waals surface area contributed by atoms with Crippen LogP contribution in [0, 0.1) is 0 Å². The van der Waals surface area contributed by atoms with Crippen molar-refractivity contribution in [2.24, 2.45) is 11.5 Å². The Kier molecular flexibility index (Phi) is 5.86. The third kappa shape index (κ3) is 3.88. The highest BCUT2D eigenvalue weighted by molar-refractivity contribution is 7.77. The molecule has 2 unspecified atom stereocenters. The fraction of sp³-hybridized carbons (Fsp3) is 0.750. The van der Waals surface area contributed by atoms with Crippen LogP contribution in [-0.4, -0.2) is 50.3 Å². The first-order chi connectivity index (χ1) is 9.25. The van der Waals surface area contributed by atoms with Gasteiger partial charge in [-0.1, -0.05) is 0 Å². The number of primary amides is 2. The Labute approximate surface area is 120 Å². The van der Waals surface area contributed by atoms with Gasteiger partial charge in [0.25, 0.3) is 0 Å². The molecule has 2 atom stereocenters. The van der Waals surface area contributed by atoms with E-state index < -0.39 is 46.7 Å². The van der Waals surface area contributed by atoms with E-state index in [9.17, 15) is 27.1 Å². The molecule has 0 bridgehead atoms. The minimum atomic E-state index is -2.79. The van der Waals surface area contributed by atoms with Crippen LogP contribution in [0.3, 0.4) is 0 Å². The highest BCUT2D eigenvalue weighted by Gasteiger charge is 2.32. The summed E-state index contributed by atoms with van der Waals surface area (Å²) >= 11 is -5.58. The molecule has 0 heterocycles. The minimum absolute atomic E-state index is 0.197. The minimum Gasteiger partial charge on any atom is -0.755 e. The molecule has 1 rings (SSSR count). The van der Waals surface area contributed by atoms with Crippen LogP contribution in [0.25, 0.3) is 0 Å². The van der Waals surface area contributed by atoms with Gasteiger partial charge in [0, 0.05) is 12.1 Å². The van der Waals surface area contributed by atoms with Gasteiger partial charge in [0.1, 0.15) is 0 Å². The normalized spacial score (nSPS) is 25.5. The molecular weight excluding hydrogens is 312 g/mol. The number of nitrogens with zero attached hydrogens (tertiary/aromatic N) is 2. The van der Waals surface area contributed by atoms with Gasteiger partial charge in [0.15, 0.2) is 0 Å². The van der Waals surface area contributed by atoms with Gasteiger partial charge >= 0.3 is 12.1 Å². The van der Waals surface area contributed by atoms with E-state index in [0.29, 0.717) is 8.61 Å². The molecule has 0 spiro atoms. The Morgan fingerprint density at radius 3 is 1.25 bits per heavy atom. The van der Waals surface area contributed by atoms with Crippen molar-refractivity contribution in [3.05, 3.63) is 0 Å². The first-order valence-corrected chi connectivity index (χ1v) is 7.68. The van der Waals surface area contributed by atoms with Gasteiger partial charge in [-0.15, -0.1) is 0 Å². The largest absolute Gasteiger partial charge is 0.755 e. The van der Waals surface area contributed by atoms with Crippen LogP contribution in [0.15, 0.2) is 0 Å². The summed E-state index contributed by atoms with van der Waals surface area (Å²) in [5.74, 6) is 0. The third-order valence-electron chi connectivity index (χ3n) is 3.09. The molecule has 12 heteroatoms. The molecule has 1 fully saturated rings. The highest BCUT2D eigenvalue weighted by atomic mass is 32.2. The highest BCUT2D eigenvalue weighted by Crippen LogP contribution is 2.27. The van der Waals surface area contributed by atoms with Gasteiger partial charge in [0.05, 0.1) is 22.5 Å². The van der Waals surface area contributed by atoms with E-state index in [1.807, 2.05) is 0 Å². The molecule has 0 aliphatic heterocycles. The maximum atomic E-state index is 11.0. The Morgan fingerprint density at radius 2 is 1.10 bits per heavy atom. The topological polar surface area (TPSA) is 173 Å². The van der Waals surface area contributed by atoms with Crippen molar-refractivity contribution >= 4 is 34.6 Å². The molecular formula is C8H14N4O6S2-2. The Morgan fingerprint density at radius 1 is 0.850 bits per heavy atom. The average Bonchev–Trinajstić information content (AvgIpc) is 2.29. The number of carbonyl (C=O) groups excluding carboxylic acids is 2. The van der Waals surface area contributed by atoms with E-state index in [1.54, 1.807) is 0 Å². The van der Waals surface area contributed by atoms with E-state index >= 15 is 0 Å². The number of urea groups is 2. The molecule has 0 radical (unpaired) electrons. The number of hydrogen-bond acceptors (Lipinski definition) is 6. The summed E-state index contributed by atoms with van der Waals surface area (Å²) in [7, 11) is 0. The second-order valence-corrected chi connectivity index (χ2v) is 5.88. The lowest BCUT2D eigenvalue weighted by Crippen LogP contribution is -2.51. The summed E-state index contributed by atoms with van der Waals surface area (Å²) < 4.78 is 44.7. The quantitative estimate of drug-likeness (QED) is 0.604. The number of nitrogens with two attached hydrogens (primary N) is 2. The predicted molar refractivity (Wildman–Crippen MR) is 66.7 cm³/mol. The molecule has 10 nitrogen and oxygen atoms in total. The van der Waals surface area contributed by atoms with Crippen molar-refractivity contribution in [1.29, 1.82) is 0 Å². The number of hydrogen-bond donors (Lipinski definition) is 2. The second kappa shape index (κ2) is 6.97. The average molecular weight is 326 g/mol. The molecule has 116 valence electrons. The summed E-state index contributed by atoms with van der Waals surface area (Å²) in [4.78, 5) is 22.1. The van der Waals surface area contributed by atoms with Gasteiger partial charge < -0.3 is 20.6 Å². The molecule has 4 N–H and O–H groups in total. The number of rotatable bonds is 4. The van der Waals surface area contributed by atoms with Crippen molar-refractivity contribution < 1.29 is 27.1 Å². The van der Waals surface area contributed by atoms with E-state index in [0.717, 1.165) is 0 Å². The lowest BCUT2D eigenvalue weighted by Gasteiger charge is -2.39. The van der Waals surface area contributed by atoms with Crippen molar-refractivity contribution in [3.63, 3.8) is 0 Å². The van der Waals surface area contributed by atoms with Gasteiger partial charge in [-0.25, -0.2) is 9.59 Å². The van der Waals surface area contributed by atoms with E-state index in [4.69, 9.17) is 11.5 Å². The van der Waals surface area contributed by atoms with Crippen molar-refractivity contribution in [2.45, 2.75) is 37.8 Å². The fourth-order valence-corrected chi connectivity index (χ4v) is 3.48. The fourth-order valence-electron chi connectivity index (χ4n) is 2.28. The van der Waals surface area contributed by atoms with E-state index in [2.05, 4.69) is 0 Å². The monoisotopic (exact) mass is 326 g/mol. The van der Waals surface area contributed by atoms with Gasteiger partial charge in [-0.2, -0.15) is 0 Å². The summed E-state index contributed by atoms with van der Waals surface area (Å²) in [6.45, 7) is 0. The van der Waals surface area contributed by atoms with Crippen LogP contribution >= 0.6 is 0 Å². The third-order valence-corrected chi connectivity index (χ3v) is 4.68. The number of amides is 4. The Hall–Kier alpha value is -1.24. The first-order valence-electron chi connectivity index (χ1n) is 5.61. The second-order valence-electron chi connectivity index (χ2n) is 4.22. The maximum absolute atomic E-state index is 11.0. The zero-order chi connectivity index (χ0) is 15.4. The van der Waals surface area contributed by atoms with Crippen LogP contribution in [0.4, 0.5) is 9.59 Å². The van der Waals surface area contributed by atoms with Crippen LogP contribution in [0.5, 0.6) is 0 Å². The lowest BCUT2D eigenvalue weighted by atomic mass is 9.91. The SMILES string of the molecule is NC(=O)N(C1CCC(N(C(N)=O)S(=O)[O-])CC1)S(=O)[O-]. The standard InChI is InChI=1S/C8H16N4O6S2/c9-7(13)11(19(15)16)5-1-2-6(4-3-5)12(8(10)14)20(17)18/h5-6H,1-4H2,(H2,9,13)(H2,10,14)(H,15,16)(H,17,18)/p-2. The van der Waals surface area contributed by atoms with Crippen molar-refractivity contribution in [1.82, 2.24) is 8.61 Å². The van der Waals surface area contributed by atoms with Gasteiger partial charge in [0.2, 0.25) is 0 Å². The van der Waals surface area contributed by atoms with Gasteiger partial charge in [-0.3, -0.25) is 17.0 Å². The molecule has 4 amide bonds. The smallest absolute Gasteiger partial charge is 0.326 e. The lowest BCUT2D eigenvalue weighted by molar-refractivity contribution is 0.176. The van der Waals surface area contributed by atoms with Crippen LogP contribution < -0.4 is 11.5 Å². The zero-order valence-electron chi connectivity index (χ0n) is 10.3. The summed E-state index contributed by atoms with van der Waals surface area (Å²) in [6.07, 6.45) is 0.788. The van der Waals surface area contributed by atoms with E-state index in [1.165, 1.54) is 0 Å². The molecule has 0 aromatic rings. The molecule has 0 aromatic carbocycles. The van der Waals surface area contributed by atoms with Crippen LogP contribution in [0.2, 0.25) is 0 Å². The molecule has 0 aromatic heterocycles. The summed E-state index contributed by atoms with van der Waals surface area (Å²) in [5.41, 5.74) is 9.94. The molecule has 20 heavy (non-hydrogen) atoms. The van der Waals surface area contributed by atoms with Crippen LogP contribution in [0.1, 0.15) is 25.7 Å². The molecule has 1 aliphatic rings. The molecule has 1 saturated carbocycles. The van der Waals surface area contributed by atoms with Crippen molar-refractivity contribution in [3.8, 4) is 0 Å². The van der Waals surface area contributed by atoms with E-state index in [-0.39, 0.29) is 25.7 Å². The van der Waals surface area contributed by atoms with Gasteiger partial charge in [-0.05, 0) is 25.7 Å². The molecule has 0 saturated heterocycles. The zero-order valence-corrected chi connectivity index (χ0v) is 11.9. The first kappa shape index (κ1) is 16.8. The summed E-state index contributed by atoms with van der Waals surface area (Å²) in [5, 5.41) is 0. The maximum Gasteiger partial charge on any atom is 0.326 e. The summed E-state index contributed by atoms with van der Waals surface area (Å²) in [6, 6.07) is -3.48. The molecule has 1 aliphatic carbocycles.